The molecule has 1 heterocycles. The lowest BCUT2D eigenvalue weighted by molar-refractivity contribution is -0.130. The second-order valence-corrected chi connectivity index (χ2v) is 8.44. The second kappa shape index (κ2) is 10.3. The van der Waals surface area contributed by atoms with Gasteiger partial charge in [0.25, 0.3) is 0 Å². The lowest BCUT2D eigenvalue weighted by Gasteiger charge is -2.22. The van der Waals surface area contributed by atoms with Crippen LogP contribution in [-0.4, -0.2) is 29.7 Å². The second-order valence-electron chi connectivity index (χ2n) is 7.47. The number of halogens is 2. The van der Waals surface area contributed by atoms with Gasteiger partial charge in [-0.25, -0.2) is 18.6 Å². The van der Waals surface area contributed by atoms with Crippen molar-refractivity contribution in [1.29, 1.82) is 0 Å². The first-order valence-corrected chi connectivity index (χ1v) is 11.2. The van der Waals surface area contributed by atoms with Gasteiger partial charge in [0, 0.05) is 30.6 Å². The molecule has 0 aliphatic rings. The fourth-order valence-corrected chi connectivity index (χ4v) is 4.43. The number of carboxylic acid groups (broad SMARTS) is 1. The lowest BCUT2D eigenvalue weighted by atomic mass is 10.1. The standard InChI is InChI=1S/C26H20F2N2O3S/c1-33-20-11-10-19(22(28)15-20)13-14-30(26-29-23-4-2-3-21(27)25(23)34-26)16-18-7-5-17(6-8-18)9-12-24(31)32/h2-8,10-11,15H,13-14,16H2,1H3,(H,31,32). The minimum Gasteiger partial charge on any atom is -0.497 e. The van der Waals surface area contributed by atoms with E-state index < -0.39 is 5.97 Å². The zero-order valence-corrected chi connectivity index (χ0v) is 19.0. The van der Waals surface area contributed by atoms with Crippen LogP contribution in [0.15, 0.2) is 60.7 Å². The number of nitrogens with zero attached hydrogens (tertiary/aromatic N) is 2. The third kappa shape index (κ3) is 5.50. The van der Waals surface area contributed by atoms with Gasteiger partial charge in [-0.2, -0.15) is 0 Å². The average Bonchev–Trinajstić information content (AvgIpc) is 3.27. The van der Waals surface area contributed by atoms with Gasteiger partial charge in [-0.05, 0) is 47.9 Å². The Labute approximate surface area is 199 Å². The largest absolute Gasteiger partial charge is 0.497 e. The minimum atomic E-state index is -1.19. The molecular weight excluding hydrogens is 458 g/mol. The van der Waals surface area contributed by atoms with Gasteiger partial charge >= 0.3 is 5.97 Å². The SMILES string of the molecule is COc1ccc(CCN(Cc2ccc(C#CC(=O)O)cc2)c2nc3cccc(F)c3s2)c(F)c1. The van der Waals surface area contributed by atoms with Crippen molar-refractivity contribution < 1.29 is 23.4 Å². The van der Waals surface area contributed by atoms with Crippen molar-refractivity contribution in [2.75, 3.05) is 18.6 Å². The predicted molar refractivity (Wildman–Crippen MR) is 128 cm³/mol. The molecule has 34 heavy (non-hydrogen) atoms. The molecule has 0 radical (unpaired) electrons. The van der Waals surface area contributed by atoms with E-state index in [1.165, 1.54) is 30.6 Å². The van der Waals surface area contributed by atoms with Crippen LogP contribution in [0.2, 0.25) is 0 Å². The van der Waals surface area contributed by atoms with E-state index in [1.807, 2.05) is 17.0 Å². The summed E-state index contributed by atoms with van der Waals surface area (Å²) in [5, 5.41) is 9.34. The van der Waals surface area contributed by atoms with Gasteiger partial charge in [0.05, 0.1) is 17.3 Å². The highest BCUT2D eigenvalue weighted by Gasteiger charge is 2.16. The first-order valence-electron chi connectivity index (χ1n) is 10.4. The van der Waals surface area contributed by atoms with Crippen LogP contribution < -0.4 is 9.64 Å². The zero-order valence-electron chi connectivity index (χ0n) is 18.2. The van der Waals surface area contributed by atoms with Crippen molar-refractivity contribution in [3.05, 3.63) is 89.0 Å². The van der Waals surface area contributed by atoms with E-state index in [4.69, 9.17) is 9.84 Å². The van der Waals surface area contributed by atoms with Crippen LogP contribution in [-0.2, 0) is 17.8 Å². The van der Waals surface area contributed by atoms with Gasteiger partial charge in [-0.1, -0.05) is 41.5 Å². The topological polar surface area (TPSA) is 62.7 Å². The maximum Gasteiger partial charge on any atom is 0.382 e. The van der Waals surface area contributed by atoms with Crippen molar-refractivity contribution in [2.45, 2.75) is 13.0 Å². The summed E-state index contributed by atoms with van der Waals surface area (Å²) in [4.78, 5) is 17.2. The number of rotatable bonds is 7. The molecule has 0 unspecified atom stereocenters. The highest BCUT2D eigenvalue weighted by molar-refractivity contribution is 7.22. The molecule has 4 aromatic rings. The molecule has 0 amide bonds. The Morgan fingerprint density at radius 3 is 2.59 bits per heavy atom. The maximum absolute atomic E-state index is 14.5. The number of fused-ring (bicyclic) bond motifs is 1. The average molecular weight is 479 g/mol. The molecule has 1 aromatic heterocycles. The van der Waals surface area contributed by atoms with Crippen LogP contribution in [0.3, 0.4) is 0 Å². The molecule has 0 atom stereocenters. The monoisotopic (exact) mass is 478 g/mol. The van der Waals surface area contributed by atoms with E-state index in [9.17, 15) is 13.6 Å². The predicted octanol–water partition coefficient (Wildman–Crippen LogP) is 5.27. The maximum atomic E-state index is 14.5. The van der Waals surface area contributed by atoms with E-state index >= 15 is 0 Å². The molecule has 0 spiro atoms. The summed E-state index contributed by atoms with van der Waals surface area (Å²) in [6.45, 7) is 0.900. The molecule has 3 aromatic carbocycles. The number of ether oxygens (including phenoxy) is 1. The molecule has 0 saturated carbocycles. The number of anilines is 1. The molecule has 5 nitrogen and oxygen atoms in total. The fourth-order valence-electron chi connectivity index (χ4n) is 3.43. The Bertz CT molecular complexity index is 1390. The molecule has 0 aliphatic carbocycles. The number of aromatic nitrogens is 1. The molecule has 0 fully saturated rings. The molecule has 0 aliphatic heterocycles. The smallest absolute Gasteiger partial charge is 0.382 e. The molecule has 172 valence electrons. The van der Waals surface area contributed by atoms with Gasteiger partial charge in [-0.3, -0.25) is 0 Å². The van der Waals surface area contributed by atoms with Crippen LogP contribution in [0.5, 0.6) is 5.75 Å². The zero-order chi connectivity index (χ0) is 24.1. The number of aliphatic carboxylic acids is 1. The molecule has 8 heteroatoms. The molecular formula is C26H20F2N2O3S. The number of hydrogen-bond acceptors (Lipinski definition) is 5. The lowest BCUT2D eigenvalue weighted by Crippen LogP contribution is -2.25. The van der Waals surface area contributed by atoms with Gasteiger partial charge in [-0.15, -0.1) is 0 Å². The summed E-state index contributed by atoms with van der Waals surface area (Å²) in [6.07, 6.45) is 0.413. The van der Waals surface area contributed by atoms with Crippen molar-refractivity contribution in [2.24, 2.45) is 0 Å². The summed E-state index contributed by atoms with van der Waals surface area (Å²) in [6, 6.07) is 16.7. The highest BCUT2D eigenvalue weighted by atomic mass is 32.1. The summed E-state index contributed by atoms with van der Waals surface area (Å²) in [7, 11) is 1.49. The molecule has 1 N–H and O–H groups in total. The van der Waals surface area contributed by atoms with Gasteiger partial charge < -0.3 is 14.7 Å². The highest BCUT2D eigenvalue weighted by Crippen LogP contribution is 2.32. The van der Waals surface area contributed by atoms with Crippen molar-refractivity contribution >= 4 is 32.7 Å². The number of hydrogen-bond donors (Lipinski definition) is 1. The van der Waals surface area contributed by atoms with Crippen molar-refractivity contribution in [1.82, 2.24) is 4.98 Å². The number of carbonyl (C=O) groups is 1. The van der Waals surface area contributed by atoms with Crippen molar-refractivity contribution in [3.63, 3.8) is 0 Å². The van der Waals surface area contributed by atoms with Crippen LogP contribution in [0.4, 0.5) is 13.9 Å². The molecule has 4 rings (SSSR count). The normalized spacial score (nSPS) is 10.6. The van der Waals surface area contributed by atoms with E-state index in [-0.39, 0.29) is 11.6 Å². The van der Waals surface area contributed by atoms with Gasteiger partial charge in [0.15, 0.2) is 5.13 Å². The van der Waals surface area contributed by atoms with Gasteiger partial charge in [0.1, 0.15) is 17.4 Å². The Kier molecular flexibility index (Phi) is 7.04. The summed E-state index contributed by atoms with van der Waals surface area (Å²) in [5.74, 6) is 3.24. The van der Waals surface area contributed by atoms with Crippen LogP contribution in [0.25, 0.3) is 10.2 Å². The van der Waals surface area contributed by atoms with Crippen LogP contribution >= 0.6 is 11.3 Å². The Balaban J connectivity index is 1.60. The molecule has 0 bridgehead atoms. The Morgan fingerprint density at radius 1 is 1.12 bits per heavy atom. The third-order valence-electron chi connectivity index (χ3n) is 5.18. The third-order valence-corrected chi connectivity index (χ3v) is 6.32. The summed E-state index contributed by atoms with van der Waals surface area (Å²) < 4.78 is 34.3. The van der Waals surface area contributed by atoms with Crippen LogP contribution in [0.1, 0.15) is 16.7 Å². The Morgan fingerprint density at radius 2 is 1.91 bits per heavy atom. The first-order chi connectivity index (χ1) is 16.4. The summed E-state index contributed by atoms with van der Waals surface area (Å²) in [5.41, 5.74) is 2.62. The van der Waals surface area contributed by atoms with E-state index in [0.717, 1.165) is 5.56 Å². The number of carboxylic acids is 1. The van der Waals surface area contributed by atoms with E-state index in [2.05, 4.69) is 16.8 Å². The fraction of sp³-hybridized carbons (Fsp3) is 0.154. The van der Waals surface area contributed by atoms with Crippen LogP contribution in [0, 0.1) is 23.5 Å². The Hall–Kier alpha value is -3.96. The number of methoxy groups -OCH3 is 1. The summed E-state index contributed by atoms with van der Waals surface area (Å²) >= 11 is 1.25. The minimum absolute atomic E-state index is 0.330. The quantitative estimate of drug-likeness (QED) is 0.367. The van der Waals surface area contributed by atoms with Gasteiger partial charge in [0.2, 0.25) is 0 Å². The van der Waals surface area contributed by atoms with E-state index in [0.29, 0.717) is 51.7 Å². The first kappa shape index (κ1) is 23.2. The number of thiazole rings is 1. The van der Waals surface area contributed by atoms with E-state index in [1.54, 1.807) is 36.4 Å². The number of benzene rings is 3. The molecule has 0 saturated heterocycles. The van der Waals surface area contributed by atoms with Crippen molar-refractivity contribution in [3.8, 4) is 17.6 Å².